The maximum Gasteiger partial charge on any atom is 0.329 e. The number of piperidine rings is 2. The van der Waals surface area contributed by atoms with Gasteiger partial charge in [-0.3, -0.25) is 38.5 Å². The van der Waals surface area contributed by atoms with Crippen molar-refractivity contribution in [2.75, 3.05) is 36.9 Å². The number of carbonyl (C=O) groups is 3. The van der Waals surface area contributed by atoms with E-state index in [-0.39, 0.29) is 23.9 Å². The molecule has 3 aromatic heterocycles. The summed E-state index contributed by atoms with van der Waals surface area (Å²) in [6, 6.07) is 9.78. The molecule has 1 atom stereocenters. The molecule has 1 saturated carbocycles. The summed E-state index contributed by atoms with van der Waals surface area (Å²) in [4.78, 5) is 60.3. The first-order valence-electron chi connectivity index (χ1n) is 19.3. The van der Waals surface area contributed by atoms with E-state index < -0.39 is 17.6 Å². The number of thiazole rings is 1. The van der Waals surface area contributed by atoms with Crippen LogP contribution in [0.25, 0.3) is 21.9 Å². The second-order valence-corrected chi connectivity index (χ2v) is 17.0. The van der Waals surface area contributed by atoms with Gasteiger partial charge in [-0.15, -0.1) is 11.3 Å². The van der Waals surface area contributed by atoms with Gasteiger partial charge in [-0.05, 0) is 96.0 Å². The number of hydrogen-bond donors (Lipinski definition) is 3. The Morgan fingerprint density at radius 1 is 1.07 bits per heavy atom. The lowest BCUT2D eigenvalue weighted by molar-refractivity contribution is -0.135. The average molecular weight is 768 g/mol. The van der Waals surface area contributed by atoms with Crippen molar-refractivity contribution in [2.45, 2.75) is 88.9 Å². The number of imidazole rings is 1. The zero-order valence-corrected chi connectivity index (χ0v) is 32.6. The van der Waals surface area contributed by atoms with E-state index >= 15 is 0 Å². The highest BCUT2D eigenvalue weighted by Gasteiger charge is 2.33. The molecule has 0 radical (unpaired) electrons. The lowest BCUT2D eigenvalue weighted by atomic mass is 9.85. The van der Waals surface area contributed by atoms with Gasteiger partial charge < -0.3 is 20.2 Å². The van der Waals surface area contributed by atoms with Crippen LogP contribution in [-0.2, 0) is 22.2 Å². The van der Waals surface area contributed by atoms with Crippen molar-refractivity contribution in [3.05, 3.63) is 69.2 Å². The number of fused-ring (bicyclic) bond motifs is 2. The zero-order valence-electron chi connectivity index (χ0n) is 31.8. The van der Waals surface area contributed by atoms with Gasteiger partial charge in [-0.25, -0.2) is 4.79 Å². The van der Waals surface area contributed by atoms with Crippen LogP contribution in [0, 0.1) is 5.92 Å². The Morgan fingerprint density at radius 2 is 1.84 bits per heavy atom. The molecule has 1 unspecified atom stereocenters. The standard InChI is InChI=1S/C40H49N9O5S/c1-40(2,54)28-19-29-25(18-30(28)42-38(52)34-20-41-23-55-34)22-48(44-29)27-10-8-24(9-11-27)21-45(3)26-14-16-47(17-15-26)31-6-5-7-32-36(31)46(4)39(53)49(32)33-12-13-35(50)43-37(33)51/h5-7,18-20,22-24,26-27,33,54H,8-17,21H2,1-4H3,(H,42,52)(H,43,50,51)/t24-,27-,33?. The van der Waals surface area contributed by atoms with Crippen LogP contribution < -0.4 is 21.2 Å². The number of anilines is 2. The third kappa shape index (κ3) is 7.20. The quantitative estimate of drug-likeness (QED) is 0.177. The summed E-state index contributed by atoms with van der Waals surface area (Å²) >= 11 is 1.27. The Bertz CT molecular complexity index is 2300. The molecule has 1 aliphatic carbocycles. The molecule has 3 amide bonds. The van der Waals surface area contributed by atoms with E-state index in [1.54, 1.807) is 41.7 Å². The molecule has 14 nitrogen and oxygen atoms in total. The van der Waals surface area contributed by atoms with Gasteiger partial charge in [0.05, 0.1) is 45.6 Å². The second-order valence-electron chi connectivity index (χ2n) is 16.1. The van der Waals surface area contributed by atoms with E-state index in [0.29, 0.717) is 40.6 Å². The summed E-state index contributed by atoms with van der Waals surface area (Å²) in [5.41, 5.74) is 4.74. The van der Waals surface area contributed by atoms with Crippen LogP contribution in [0.15, 0.2) is 53.0 Å². The summed E-state index contributed by atoms with van der Waals surface area (Å²) in [5, 5.41) is 22.2. The molecule has 3 fully saturated rings. The van der Waals surface area contributed by atoms with E-state index in [1.165, 1.54) is 11.3 Å². The second kappa shape index (κ2) is 14.7. The molecule has 15 heteroatoms. The lowest BCUT2D eigenvalue weighted by Crippen LogP contribution is -2.45. The minimum atomic E-state index is -1.17. The smallest absolute Gasteiger partial charge is 0.329 e. The maximum absolute atomic E-state index is 13.5. The first kappa shape index (κ1) is 37.1. The number of amides is 3. The number of benzene rings is 2. The number of nitrogens with zero attached hydrogens (tertiary/aromatic N) is 7. The topological polar surface area (TPSA) is 160 Å². The number of carbonyl (C=O) groups excluding carboxylic acids is 3. The highest BCUT2D eigenvalue weighted by molar-refractivity contribution is 7.11. The van der Waals surface area contributed by atoms with Gasteiger partial charge in [0.1, 0.15) is 10.9 Å². The number of hydrogen-bond acceptors (Lipinski definition) is 10. The van der Waals surface area contributed by atoms with Crippen molar-refractivity contribution in [1.29, 1.82) is 0 Å². The molecule has 0 bridgehead atoms. The average Bonchev–Trinajstić information content (AvgIpc) is 3.91. The van der Waals surface area contributed by atoms with E-state index in [0.717, 1.165) is 85.8 Å². The molecule has 3 aliphatic rings. The Morgan fingerprint density at radius 3 is 2.53 bits per heavy atom. The summed E-state index contributed by atoms with van der Waals surface area (Å²) in [6.07, 6.45) is 10.5. The number of nitrogens with one attached hydrogen (secondary N) is 2. The highest BCUT2D eigenvalue weighted by atomic mass is 32.1. The van der Waals surface area contributed by atoms with Crippen molar-refractivity contribution in [3.8, 4) is 0 Å². The molecule has 5 aromatic rings. The number of aliphatic hydroxyl groups is 1. The minimum Gasteiger partial charge on any atom is -0.386 e. The summed E-state index contributed by atoms with van der Waals surface area (Å²) in [5.74, 6) is -0.363. The summed E-state index contributed by atoms with van der Waals surface area (Å²) in [7, 11) is 4.01. The fourth-order valence-electron chi connectivity index (χ4n) is 9.00. The predicted molar refractivity (Wildman–Crippen MR) is 213 cm³/mol. The van der Waals surface area contributed by atoms with Crippen LogP contribution >= 0.6 is 11.3 Å². The van der Waals surface area contributed by atoms with Crippen LogP contribution in [0.5, 0.6) is 0 Å². The molecular weight excluding hydrogens is 719 g/mol. The van der Waals surface area contributed by atoms with Crippen molar-refractivity contribution >= 4 is 62.4 Å². The largest absolute Gasteiger partial charge is 0.386 e. The van der Waals surface area contributed by atoms with Gasteiger partial charge in [-0.2, -0.15) is 5.10 Å². The van der Waals surface area contributed by atoms with Crippen molar-refractivity contribution in [3.63, 3.8) is 0 Å². The van der Waals surface area contributed by atoms with Gasteiger partial charge in [0.15, 0.2) is 0 Å². The molecule has 0 spiro atoms. The third-order valence-corrected chi connectivity index (χ3v) is 12.8. The number of aromatic nitrogens is 5. The first-order chi connectivity index (χ1) is 26.4. The number of imide groups is 1. The van der Waals surface area contributed by atoms with Crippen molar-refractivity contribution < 1.29 is 19.5 Å². The fraction of sp³-hybridized carbons (Fsp3) is 0.500. The van der Waals surface area contributed by atoms with Crippen LogP contribution in [-0.4, -0.2) is 84.4 Å². The molecule has 55 heavy (non-hydrogen) atoms. The van der Waals surface area contributed by atoms with Crippen molar-refractivity contribution in [1.82, 2.24) is 34.1 Å². The third-order valence-electron chi connectivity index (χ3n) is 12.0. The summed E-state index contributed by atoms with van der Waals surface area (Å²) in [6.45, 7) is 6.22. The molecular formula is C40H49N9O5S. The Hall–Kier alpha value is -4.86. The monoisotopic (exact) mass is 767 g/mol. The molecule has 5 heterocycles. The van der Waals surface area contributed by atoms with Gasteiger partial charge >= 0.3 is 5.69 Å². The molecule has 290 valence electrons. The SMILES string of the molecule is CN(C[C@H]1CC[C@H](n2cc3cc(NC(=O)c4cncs4)c(C(C)(C)O)cc3n2)CC1)C1CCN(c2cccc3c2n(C)c(=O)n3C2CCC(=O)NC2=O)CC1. The van der Waals surface area contributed by atoms with Gasteiger partial charge in [0.25, 0.3) is 5.91 Å². The Labute approximate surface area is 323 Å². The van der Waals surface area contributed by atoms with E-state index in [1.807, 2.05) is 24.3 Å². The summed E-state index contributed by atoms with van der Waals surface area (Å²) < 4.78 is 5.28. The first-order valence-corrected chi connectivity index (χ1v) is 20.2. The molecule has 2 aromatic carbocycles. The fourth-order valence-corrected chi connectivity index (χ4v) is 9.51. The lowest BCUT2D eigenvalue weighted by Gasteiger charge is -2.40. The number of rotatable bonds is 9. The molecule has 2 saturated heterocycles. The van der Waals surface area contributed by atoms with Crippen LogP contribution in [0.3, 0.4) is 0 Å². The normalized spacial score (nSPS) is 21.5. The Kier molecular flexibility index (Phi) is 9.88. The Balaban J connectivity index is 0.882. The number of aryl methyl sites for hydroxylation is 1. The molecule has 2 aliphatic heterocycles. The predicted octanol–water partition coefficient (Wildman–Crippen LogP) is 4.94. The minimum absolute atomic E-state index is 0.216. The highest BCUT2D eigenvalue weighted by Crippen LogP contribution is 2.37. The molecule has 8 rings (SSSR count). The van der Waals surface area contributed by atoms with Crippen molar-refractivity contribution in [2.24, 2.45) is 13.0 Å². The van der Waals surface area contributed by atoms with Gasteiger partial charge in [0, 0.05) is 62.0 Å². The van der Waals surface area contributed by atoms with Crippen LogP contribution in [0.2, 0.25) is 0 Å². The van der Waals surface area contributed by atoms with E-state index in [4.69, 9.17) is 5.10 Å². The van der Waals surface area contributed by atoms with E-state index in [2.05, 4.69) is 49.4 Å². The van der Waals surface area contributed by atoms with Gasteiger partial charge in [-0.1, -0.05) is 6.07 Å². The number of para-hydroxylation sites is 1. The van der Waals surface area contributed by atoms with Crippen LogP contribution in [0.4, 0.5) is 11.4 Å². The van der Waals surface area contributed by atoms with Gasteiger partial charge in [0.2, 0.25) is 11.8 Å². The maximum atomic E-state index is 13.5. The molecule has 3 N–H and O–H groups in total. The van der Waals surface area contributed by atoms with Crippen LogP contribution in [0.1, 0.15) is 92.5 Å². The zero-order chi connectivity index (χ0) is 38.6. The van der Waals surface area contributed by atoms with E-state index in [9.17, 15) is 24.3 Å².